The summed E-state index contributed by atoms with van der Waals surface area (Å²) in [4.78, 5) is 19.5. The molecule has 2 aromatic rings. The van der Waals surface area contributed by atoms with Gasteiger partial charge in [0.15, 0.2) is 0 Å². The molecule has 3 rings (SSSR count). The largest absolute Gasteiger partial charge is 0.494 e. The summed E-state index contributed by atoms with van der Waals surface area (Å²) in [6, 6.07) is 7.90. The molecule has 1 aromatic carbocycles. The number of likely N-dealkylation sites (tertiary alicyclic amines) is 1. The number of carbonyl (C=O) groups excluding carboxylic acids is 1. The lowest BCUT2D eigenvalue weighted by molar-refractivity contribution is -0.126. The number of amides is 1. The quantitative estimate of drug-likeness (QED) is 0.589. The Bertz CT molecular complexity index is 821. The number of hydrogen-bond acceptors (Lipinski definition) is 5. The van der Waals surface area contributed by atoms with E-state index in [1.54, 1.807) is 0 Å². The van der Waals surface area contributed by atoms with Crippen LogP contribution in [0, 0.1) is 18.8 Å². The molecule has 170 valence electrons. The summed E-state index contributed by atoms with van der Waals surface area (Å²) in [5.41, 5.74) is 1.93. The summed E-state index contributed by atoms with van der Waals surface area (Å²) in [5, 5.41) is 3.10. The van der Waals surface area contributed by atoms with Gasteiger partial charge in [-0.1, -0.05) is 20.8 Å². The van der Waals surface area contributed by atoms with Crippen molar-refractivity contribution in [1.29, 1.82) is 0 Å². The Morgan fingerprint density at radius 1 is 1.26 bits per heavy atom. The molecule has 1 amide bonds. The number of piperidine rings is 1. The molecule has 2 heterocycles. The average Bonchev–Trinajstić information content (AvgIpc) is 3.13. The first-order chi connectivity index (χ1) is 15.0. The van der Waals surface area contributed by atoms with Gasteiger partial charge >= 0.3 is 0 Å². The van der Waals surface area contributed by atoms with E-state index >= 15 is 0 Å². The number of hydrogen-bond donors (Lipinski definition) is 1. The fourth-order valence-corrected chi connectivity index (χ4v) is 3.81. The highest BCUT2D eigenvalue weighted by Gasteiger charge is 2.26. The summed E-state index contributed by atoms with van der Waals surface area (Å²) in [6.07, 6.45) is 3.82. The molecule has 0 aliphatic carbocycles. The smallest absolute Gasteiger partial charge is 0.226 e. The molecule has 0 atom stereocenters. The summed E-state index contributed by atoms with van der Waals surface area (Å²) < 4.78 is 11.6. The van der Waals surface area contributed by atoms with Crippen molar-refractivity contribution in [3.63, 3.8) is 0 Å². The zero-order valence-corrected chi connectivity index (χ0v) is 19.4. The first-order valence-electron chi connectivity index (χ1n) is 11.7. The van der Waals surface area contributed by atoms with Gasteiger partial charge in [-0.05, 0) is 75.9 Å². The van der Waals surface area contributed by atoms with Crippen molar-refractivity contribution in [2.24, 2.45) is 11.8 Å². The van der Waals surface area contributed by atoms with Crippen molar-refractivity contribution in [2.45, 2.75) is 59.9 Å². The summed E-state index contributed by atoms with van der Waals surface area (Å²) in [5.74, 6) is 3.33. The maximum atomic E-state index is 12.4. The van der Waals surface area contributed by atoms with Crippen LogP contribution in [0.2, 0.25) is 0 Å². The van der Waals surface area contributed by atoms with Crippen LogP contribution < -0.4 is 10.1 Å². The highest BCUT2D eigenvalue weighted by molar-refractivity contribution is 5.78. The van der Waals surface area contributed by atoms with Crippen molar-refractivity contribution < 1.29 is 13.9 Å². The van der Waals surface area contributed by atoms with Crippen LogP contribution >= 0.6 is 0 Å². The van der Waals surface area contributed by atoms with E-state index in [2.05, 4.69) is 31.0 Å². The van der Waals surface area contributed by atoms with E-state index in [-0.39, 0.29) is 11.8 Å². The third kappa shape index (κ3) is 6.82. The number of ether oxygens (including phenoxy) is 1. The van der Waals surface area contributed by atoms with Gasteiger partial charge in [-0.25, -0.2) is 4.98 Å². The van der Waals surface area contributed by atoms with Gasteiger partial charge in [0.2, 0.25) is 11.8 Å². The molecule has 6 nitrogen and oxygen atoms in total. The summed E-state index contributed by atoms with van der Waals surface area (Å²) >= 11 is 0. The topological polar surface area (TPSA) is 67.6 Å². The maximum absolute atomic E-state index is 12.4. The zero-order chi connectivity index (χ0) is 22.2. The molecule has 1 saturated heterocycles. The number of nitrogens with one attached hydrogen (secondary N) is 1. The van der Waals surface area contributed by atoms with Gasteiger partial charge < -0.3 is 14.5 Å². The highest BCUT2D eigenvalue weighted by atomic mass is 16.5. The predicted octanol–water partition coefficient (Wildman–Crippen LogP) is 4.81. The van der Waals surface area contributed by atoms with Crippen LogP contribution in [-0.4, -0.2) is 42.0 Å². The lowest BCUT2D eigenvalue weighted by atomic mass is 9.95. The standard InChI is InChI=1S/C25H37N3O3/c1-5-16-30-22-8-6-21(7-9-22)25-27-23(19(4)31-25)17-28-14-11-20(12-15-28)24(29)26-13-10-18(2)3/h6-9,18,20H,5,10-17H2,1-4H3,(H,26,29). The van der Waals surface area contributed by atoms with Crippen molar-refractivity contribution >= 4 is 5.91 Å². The third-order valence-corrected chi connectivity index (χ3v) is 5.82. The molecule has 1 aliphatic rings. The minimum Gasteiger partial charge on any atom is -0.494 e. The Hall–Kier alpha value is -2.34. The minimum absolute atomic E-state index is 0.130. The Kier molecular flexibility index (Phi) is 8.52. The molecule has 1 fully saturated rings. The number of oxazole rings is 1. The van der Waals surface area contributed by atoms with E-state index in [0.29, 0.717) is 11.8 Å². The number of benzene rings is 1. The van der Waals surface area contributed by atoms with Crippen molar-refractivity contribution in [2.75, 3.05) is 26.2 Å². The minimum atomic E-state index is 0.130. The molecule has 6 heteroatoms. The zero-order valence-electron chi connectivity index (χ0n) is 19.4. The van der Waals surface area contributed by atoms with Gasteiger partial charge in [0.25, 0.3) is 0 Å². The fraction of sp³-hybridized carbons (Fsp3) is 0.600. The second-order valence-electron chi connectivity index (χ2n) is 8.92. The molecule has 0 spiro atoms. The average molecular weight is 428 g/mol. The third-order valence-electron chi connectivity index (χ3n) is 5.82. The van der Waals surface area contributed by atoms with Gasteiger partial charge in [-0.3, -0.25) is 9.69 Å². The van der Waals surface area contributed by atoms with E-state index in [9.17, 15) is 4.79 Å². The monoisotopic (exact) mass is 427 g/mol. The fourth-order valence-electron chi connectivity index (χ4n) is 3.81. The Morgan fingerprint density at radius 3 is 2.61 bits per heavy atom. The van der Waals surface area contributed by atoms with Crippen LogP contribution in [0.4, 0.5) is 0 Å². The first kappa shape index (κ1) is 23.3. The molecule has 1 aliphatic heterocycles. The molecule has 0 unspecified atom stereocenters. The summed E-state index contributed by atoms with van der Waals surface area (Å²) in [7, 11) is 0. The molecule has 0 radical (unpaired) electrons. The Morgan fingerprint density at radius 2 is 1.97 bits per heavy atom. The first-order valence-corrected chi connectivity index (χ1v) is 11.7. The molecule has 1 N–H and O–H groups in total. The van der Waals surface area contributed by atoms with Gasteiger partial charge in [-0.15, -0.1) is 0 Å². The van der Waals surface area contributed by atoms with Crippen LogP contribution in [0.15, 0.2) is 28.7 Å². The Labute approximate surface area is 186 Å². The second kappa shape index (κ2) is 11.3. The van der Waals surface area contributed by atoms with E-state index < -0.39 is 0 Å². The number of nitrogens with zero attached hydrogens (tertiary/aromatic N) is 2. The molecule has 0 saturated carbocycles. The normalized spacial score (nSPS) is 15.4. The van der Waals surface area contributed by atoms with Crippen LogP contribution in [0.5, 0.6) is 5.75 Å². The second-order valence-corrected chi connectivity index (χ2v) is 8.92. The number of aryl methyl sites for hydroxylation is 1. The maximum Gasteiger partial charge on any atom is 0.226 e. The van der Waals surface area contributed by atoms with E-state index in [4.69, 9.17) is 14.1 Å². The molecule has 31 heavy (non-hydrogen) atoms. The lowest BCUT2D eigenvalue weighted by Crippen LogP contribution is -2.40. The van der Waals surface area contributed by atoms with Gasteiger partial charge in [0, 0.05) is 24.6 Å². The SMILES string of the molecule is CCCOc1ccc(-c2nc(CN3CCC(C(=O)NCCC(C)C)CC3)c(C)o2)cc1. The van der Waals surface area contributed by atoms with Crippen LogP contribution in [0.25, 0.3) is 11.5 Å². The van der Waals surface area contributed by atoms with Gasteiger partial charge in [0.05, 0.1) is 12.3 Å². The molecular weight excluding hydrogens is 390 g/mol. The van der Waals surface area contributed by atoms with E-state index in [1.165, 1.54) is 0 Å². The van der Waals surface area contributed by atoms with Crippen molar-refractivity contribution in [1.82, 2.24) is 15.2 Å². The van der Waals surface area contributed by atoms with E-state index in [0.717, 1.165) is 81.2 Å². The number of aromatic nitrogens is 1. The Balaban J connectivity index is 1.50. The number of rotatable bonds is 10. The van der Waals surface area contributed by atoms with Crippen LogP contribution in [0.1, 0.15) is 57.9 Å². The van der Waals surface area contributed by atoms with Gasteiger partial charge in [-0.2, -0.15) is 0 Å². The van der Waals surface area contributed by atoms with Crippen molar-refractivity contribution in [3.05, 3.63) is 35.7 Å². The van der Waals surface area contributed by atoms with Crippen molar-refractivity contribution in [3.8, 4) is 17.2 Å². The van der Waals surface area contributed by atoms with E-state index in [1.807, 2.05) is 31.2 Å². The van der Waals surface area contributed by atoms with Crippen LogP contribution in [-0.2, 0) is 11.3 Å². The molecule has 0 bridgehead atoms. The van der Waals surface area contributed by atoms with Crippen LogP contribution in [0.3, 0.4) is 0 Å². The molecule has 1 aromatic heterocycles. The molecular formula is C25H37N3O3. The number of carbonyl (C=O) groups is 1. The highest BCUT2D eigenvalue weighted by Crippen LogP contribution is 2.26. The lowest BCUT2D eigenvalue weighted by Gasteiger charge is -2.30. The van der Waals surface area contributed by atoms with Gasteiger partial charge in [0.1, 0.15) is 11.5 Å². The summed E-state index contributed by atoms with van der Waals surface area (Å²) in [6.45, 7) is 12.5. The predicted molar refractivity (Wildman–Crippen MR) is 123 cm³/mol.